The molecule has 0 aliphatic rings. The lowest BCUT2D eigenvalue weighted by molar-refractivity contribution is 0.314. The van der Waals surface area contributed by atoms with Gasteiger partial charge in [-0.15, -0.1) is 11.3 Å². The molecule has 1 atom stereocenters. The van der Waals surface area contributed by atoms with E-state index in [1.165, 1.54) is 59.2 Å². The number of unbranched alkanes of at least 4 members (excludes halogenated alkanes) is 5. The highest BCUT2D eigenvalue weighted by Gasteiger charge is 2.12. The molecule has 0 aromatic carbocycles. The first-order valence-electron chi connectivity index (χ1n) is 8.72. The highest BCUT2D eigenvalue weighted by Crippen LogP contribution is 2.40. The van der Waals surface area contributed by atoms with E-state index in [0.717, 1.165) is 11.7 Å². The van der Waals surface area contributed by atoms with Gasteiger partial charge in [0.25, 0.3) is 0 Å². The highest BCUT2D eigenvalue weighted by molar-refractivity contribution is 7.28. The van der Waals surface area contributed by atoms with Gasteiger partial charge in [-0.25, -0.2) is 0 Å². The molecule has 0 fully saturated rings. The number of thiophene rings is 2. The van der Waals surface area contributed by atoms with Crippen LogP contribution in [0.4, 0.5) is 0 Å². The lowest BCUT2D eigenvalue weighted by Crippen LogP contribution is -1.95. The third-order valence-electron chi connectivity index (χ3n) is 4.02. The largest absolute Gasteiger partial charge is 0.484 e. The minimum Gasteiger partial charge on any atom is -0.484 e. The van der Waals surface area contributed by atoms with Crippen molar-refractivity contribution in [3.05, 3.63) is 23.4 Å². The number of fused-ring (bicyclic) bond motifs is 1. The number of hydrogen-bond acceptors (Lipinski definition) is 3. The Morgan fingerprint density at radius 1 is 1.09 bits per heavy atom. The monoisotopic (exact) mass is 337 g/mol. The zero-order valence-electron chi connectivity index (χ0n) is 14.2. The van der Waals surface area contributed by atoms with Crippen LogP contribution in [-0.4, -0.2) is 6.61 Å². The highest BCUT2D eigenvalue weighted by atomic mass is 32.1. The van der Waals surface area contributed by atoms with Crippen LogP contribution in [0.25, 0.3) is 9.40 Å². The topological polar surface area (TPSA) is 9.23 Å². The van der Waals surface area contributed by atoms with Crippen molar-refractivity contribution < 1.29 is 4.74 Å². The van der Waals surface area contributed by atoms with Gasteiger partial charge in [0.05, 0.1) is 6.61 Å². The van der Waals surface area contributed by atoms with Crippen LogP contribution in [0.5, 0.6) is 5.06 Å². The predicted molar refractivity (Wildman–Crippen MR) is 102 cm³/mol. The van der Waals surface area contributed by atoms with Crippen LogP contribution >= 0.6 is 22.7 Å². The lowest BCUT2D eigenvalue weighted by Gasteiger charge is -2.07. The van der Waals surface area contributed by atoms with Crippen molar-refractivity contribution >= 4 is 32.1 Å². The Labute approximate surface area is 143 Å². The smallest absolute Gasteiger partial charge is 0.175 e. The quantitative estimate of drug-likeness (QED) is 0.388. The molecule has 0 aliphatic carbocycles. The SMILES string of the molecule is CC[CH]CCC(C)c1cc2sc(OCCCCCC)cc2s1. The van der Waals surface area contributed by atoms with Crippen LogP contribution in [0, 0.1) is 6.42 Å². The van der Waals surface area contributed by atoms with Crippen molar-refractivity contribution in [1.29, 1.82) is 0 Å². The second kappa shape index (κ2) is 9.57. The molecule has 0 N–H and O–H groups in total. The molecule has 2 rings (SSSR count). The molecule has 123 valence electrons. The fraction of sp³-hybridized carbons (Fsp3) is 0.632. The second-order valence-electron chi connectivity index (χ2n) is 6.03. The molecule has 2 heterocycles. The average molecular weight is 338 g/mol. The molecule has 1 unspecified atom stereocenters. The van der Waals surface area contributed by atoms with E-state index in [-0.39, 0.29) is 0 Å². The van der Waals surface area contributed by atoms with Crippen LogP contribution < -0.4 is 4.74 Å². The molecule has 3 heteroatoms. The van der Waals surface area contributed by atoms with E-state index in [1.807, 2.05) is 22.7 Å². The van der Waals surface area contributed by atoms with E-state index in [2.05, 4.69) is 39.3 Å². The van der Waals surface area contributed by atoms with Crippen molar-refractivity contribution in [1.82, 2.24) is 0 Å². The van der Waals surface area contributed by atoms with Crippen molar-refractivity contribution in [2.75, 3.05) is 6.61 Å². The molecule has 22 heavy (non-hydrogen) atoms. The maximum Gasteiger partial charge on any atom is 0.175 e. The molecular weight excluding hydrogens is 308 g/mol. The van der Waals surface area contributed by atoms with E-state index in [0.29, 0.717) is 5.92 Å². The van der Waals surface area contributed by atoms with Crippen molar-refractivity contribution in [2.24, 2.45) is 0 Å². The Bertz CT molecular complexity index is 509. The van der Waals surface area contributed by atoms with Crippen LogP contribution in [-0.2, 0) is 0 Å². The molecule has 0 amide bonds. The van der Waals surface area contributed by atoms with Crippen molar-refractivity contribution in [3.63, 3.8) is 0 Å². The summed E-state index contributed by atoms with van der Waals surface area (Å²) in [7, 11) is 0. The summed E-state index contributed by atoms with van der Waals surface area (Å²) >= 11 is 3.76. The van der Waals surface area contributed by atoms with E-state index in [4.69, 9.17) is 4.74 Å². The van der Waals surface area contributed by atoms with Crippen molar-refractivity contribution in [3.8, 4) is 5.06 Å². The summed E-state index contributed by atoms with van der Waals surface area (Å²) in [6, 6.07) is 4.62. The maximum absolute atomic E-state index is 5.90. The van der Waals surface area contributed by atoms with E-state index >= 15 is 0 Å². The zero-order valence-corrected chi connectivity index (χ0v) is 15.8. The molecule has 1 nitrogen and oxygen atoms in total. The third kappa shape index (κ3) is 5.27. The number of rotatable bonds is 11. The van der Waals surface area contributed by atoms with Gasteiger partial charge >= 0.3 is 0 Å². The van der Waals surface area contributed by atoms with Crippen LogP contribution in [0.1, 0.15) is 76.5 Å². The molecule has 0 aliphatic heterocycles. The van der Waals surface area contributed by atoms with Gasteiger partial charge in [0.1, 0.15) is 0 Å². The summed E-state index contributed by atoms with van der Waals surface area (Å²) in [5.74, 6) is 0.672. The Morgan fingerprint density at radius 2 is 1.91 bits per heavy atom. The summed E-state index contributed by atoms with van der Waals surface area (Å²) < 4.78 is 8.69. The first kappa shape index (κ1) is 17.8. The summed E-state index contributed by atoms with van der Waals surface area (Å²) in [6.07, 6.45) is 11.1. The molecule has 2 aromatic heterocycles. The van der Waals surface area contributed by atoms with E-state index in [9.17, 15) is 0 Å². The zero-order chi connectivity index (χ0) is 15.8. The predicted octanol–water partition coefficient (Wildman–Crippen LogP) is 7.42. The summed E-state index contributed by atoms with van der Waals surface area (Å²) in [5.41, 5.74) is 0. The average Bonchev–Trinajstić information content (AvgIpc) is 3.05. The molecule has 1 radical (unpaired) electrons. The van der Waals surface area contributed by atoms with Crippen molar-refractivity contribution in [2.45, 2.75) is 71.6 Å². The molecular formula is C19H29OS2. The first-order valence-corrected chi connectivity index (χ1v) is 10.4. The molecule has 0 saturated carbocycles. The van der Waals surface area contributed by atoms with Gasteiger partial charge in [-0.2, -0.15) is 0 Å². The summed E-state index contributed by atoms with van der Waals surface area (Å²) in [4.78, 5) is 1.53. The van der Waals surface area contributed by atoms with Gasteiger partial charge in [0.2, 0.25) is 0 Å². The van der Waals surface area contributed by atoms with E-state index in [1.54, 1.807) is 0 Å². The van der Waals surface area contributed by atoms with Crippen LogP contribution in [0.2, 0.25) is 0 Å². The van der Waals surface area contributed by atoms with Crippen LogP contribution in [0.15, 0.2) is 12.1 Å². The summed E-state index contributed by atoms with van der Waals surface area (Å²) in [6.45, 7) is 7.68. The minimum atomic E-state index is 0.672. The Morgan fingerprint density at radius 3 is 2.64 bits per heavy atom. The standard InChI is InChI=1S/C19H29OS2/c1-4-6-8-10-12-20-19-14-18-17(22-19)13-16(21-18)15(3)11-9-7-5-2/h7,13-15H,4-6,8-12H2,1-3H3. The fourth-order valence-electron chi connectivity index (χ4n) is 2.56. The van der Waals surface area contributed by atoms with Gasteiger partial charge in [-0.3, -0.25) is 0 Å². The third-order valence-corrected chi connectivity index (χ3v) is 6.46. The fourth-order valence-corrected chi connectivity index (χ4v) is 4.92. The first-order chi connectivity index (χ1) is 10.7. The van der Waals surface area contributed by atoms with E-state index < -0.39 is 0 Å². The van der Waals surface area contributed by atoms with Gasteiger partial charge in [-0.1, -0.05) is 57.8 Å². The van der Waals surface area contributed by atoms with Gasteiger partial charge < -0.3 is 4.74 Å². The Kier molecular flexibility index (Phi) is 7.74. The summed E-state index contributed by atoms with van der Waals surface area (Å²) in [5, 5.41) is 1.09. The van der Waals surface area contributed by atoms with Gasteiger partial charge in [0, 0.05) is 20.3 Å². The molecule has 0 bridgehead atoms. The maximum atomic E-state index is 5.90. The lowest BCUT2D eigenvalue weighted by atomic mass is 10.0. The molecule has 2 aromatic rings. The number of hydrogen-bond donors (Lipinski definition) is 0. The van der Waals surface area contributed by atoms with Crippen LogP contribution in [0.3, 0.4) is 0 Å². The normalized spacial score (nSPS) is 12.9. The Hall–Kier alpha value is -0.540. The number of ether oxygens (including phenoxy) is 1. The van der Waals surface area contributed by atoms with Gasteiger partial charge in [-0.05, 0) is 37.7 Å². The minimum absolute atomic E-state index is 0.672. The molecule has 0 spiro atoms. The second-order valence-corrected chi connectivity index (χ2v) is 8.19. The Balaban J connectivity index is 1.83. The molecule has 0 saturated heterocycles. The van der Waals surface area contributed by atoms with Gasteiger partial charge in [0.15, 0.2) is 5.06 Å².